The van der Waals surface area contributed by atoms with Gasteiger partial charge in [0.25, 0.3) is 5.91 Å². The van der Waals surface area contributed by atoms with Crippen LogP contribution in [0.25, 0.3) is 0 Å². The predicted molar refractivity (Wildman–Crippen MR) is 106 cm³/mol. The summed E-state index contributed by atoms with van der Waals surface area (Å²) in [7, 11) is 1.12. The van der Waals surface area contributed by atoms with Gasteiger partial charge in [0.05, 0.1) is 18.9 Å². The standard InChI is InChI=1S/C19H24N6O5/c1-30-19(29)24-15(18(27)28)10-21-17(26)13-9-22-25(11-13)8-6-14-5-4-12-3-2-7-20-16(12)23-14/h4-5,9,11,15H,2-3,6-8,10H2,1H3,(H,20,23)(H,21,26)(H,24,29)(H,27,28). The van der Waals surface area contributed by atoms with Crippen molar-refractivity contribution >= 4 is 23.8 Å². The molecule has 3 heterocycles. The third-order valence-electron chi connectivity index (χ3n) is 4.69. The van der Waals surface area contributed by atoms with E-state index in [1.807, 2.05) is 6.07 Å². The third-order valence-corrected chi connectivity index (χ3v) is 4.69. The summed E-state index contributed by atoms with van der Waals surface area (Å²) in [5.74, 6) is -0.841. The molecule has 0 aliphatic carbocycles. The van der Waals surface area contributed by atoms with Crippen molar-refractivity contribution in [3.63, 3.8) is 0 Å². The summed E-state index contributed by atoms with van der Waals surface area (Å²) in [6, 6.07) is 2.79. The maximum absolute atomic E-state index is 12.3. The highest BCUT2D eigenvalue weighted by Gasteiger charge is 2.21. The lowest BCUT2D eigenvalue weighted by Crippen LogP contribution is -2.48. The lowest BCUT2D eigenvalue weighted by molar-refractivity contribution is -0.139. The SMILES string of the molecule is COC(=O)NC(CNC(=O)c1cnn(CCc2ccc3c(n2)NCCC3)c1)C(=O)O. The molecule has 11 heteroatoms. The van der Waals surface area contributed by atoms with Crippen LogP contribution in [0.3, 0.4) is 0 Å². The Morgan fingerprint density at radius 1 is 1.37 bits per heavy atom. The number of hydrogen-bond donors (Lipinski definition) is 4. The Labute approximate surface area is 172 Å². The highest BCUT2D eigenvalue weighted by Crippen LogP contribution is 2.19. The average molecular weight is 416 g/mol. The number of carbonyl (C=O) groups is 3. The van der Waals surface area contributed by atoms with E-state index in [1.165, 1.54) is 11.8 Å². The number of nitrogens with zero attached hydrogens (tertiary/aromatic N) is 3. The highest BCUT2D eigenvalue weighted by atomic mass is 16.5. The number of carbonyl (C=O) groups excluding carboxylic acids is 2. The Bertz CT molecular complexity index is 928. The zero-order chi connectivity index (χ0) is 21.5. The van der Waals surface area contributed by atoms with Crippen LogP contribution in [-0.2, 0) is 28.9 Å². The van der Waals surface area contributed by atoms with Gasteiger partial charge in [-0.3, -0.25) is 9.48 Å². The molecule has 0 fully saturated rings. The van der Waals surface area contributed by atoms with Gasteiger partial charge in [-0.2, -0.15) is 5.10 Å². The van der Waals surface area contributed by atoms with Crippen LogP contribution in [0.1, 0.15) is 28.0 Å². The summed E-state index contributed by atoms with van der Waals surface area (Å²) in [5, 5.41) is 21.2. The monoisotopic (exact) mass is 416 g/mol. The number of nitrogens with one attached hydrogen (secondary N) is 3. The predicted octanol–water partition coefficient (Wildman–Crippen LogP) is 0.418. The summed E-state index contributed by atoms with van der Waals surface area (Å²) in [6.07, 6.45) is 4.89. The van der Waals surface area contributed by atoms with Crippen molar-refractivity contribution in [3.8, 4) is 0 Å². The molecule has 2 aromatic rings. The molecule has 11 nitrogen and oxygen atoms in total. The molecule has 0 radical (unpaired) electrons. The number of alkyl carbamates (subject to hydrolysis) is 1. The Morgan fingerprint density at radius 2 is 2.20 bits per heavy atom. The van der Waals surface area contributed by atoms with E-state index in [1.54, 1.807) is 10.9 Å². The van der Waals surface area contributed by atoms with E-state index in [-0.39, 0.29) is 12.1 Å². The molecular formula is C19H24N6O5. The van der Waals surface area contributed by atoms with Gasteiger partial charge in [-0.15, -0.1) is 0 Å². The molecule has 1 aliphatic rings. The Kier molecular flexibility index (Phi) is 6.83. The van der Waals surface area contributed by atoms with Crippen LogP contribution >= 0.6 is 0 Å². The van der Waals surface area contributed by atoms with Gasteiger partial charge >= 0.3 is 12.1 Å². The Morgan fingerprint density at radius 3 is 2.97 bits per heavy atom. The van der Waals surface area contributed by atoms with E-state index in [2.05, 4.69) is 36.8 Å². The number of amides is 2. The number of fused-ring (bicyclic) bond motifs is 1. The van der Waals surface area contributed by atoms with Crippen molar-refractivity contribution in [3.05, 3.63) is 41.3 Å². The summed E-state index contributed by atoms with van der Waals surface area (Å²) in [5.41, 5.74) is 2.45. The van der Waals surface area contributed by atoms with Crippen molar-refractivity contribution in [1.82, 2.24) is 25.4 Å². The lowest BCUT2D eigenvalue weighted by atomic mass is 10.1. The van der Waals surface area contributed by atoms with Gasteiger partial charge in [0.15, 0.2) is 0 Å². The van der Waals surface area contributed by atoms with Crippen molar-refractivity contribution in [2.75, 3.05) is 25.5 Å². The van der Waals surface area contributed by atoms with Gasteiger partial charge in [0, 0.05) is 37.9 Å². The van der Waals surface area contributed by atoms with Crippen LogP contribution in [0.4, 0.5) is 10.6 Å². The normalized spacial score (nSPS) is 13.5. The van der Waals surface area contributed by atoms with E-state index in [0.29, 0.717) is 13.0 Å². The number of aromatic nitrogens is 3. The fraction of sp³-hybridized carbons (Fsp3) is 0.421. The Hall–Kier alpha value is -3.63. The first-order chi connectivity index (χ1) is 14.5. The second-order valence-corrected chi connectivity index (χ2v) is 6.82. The number of methoxy groups -OCH3 is 1. The number of aliphatic carboxylic acids is 1. The van der Waals surface area contributed by atoms with Crippen LogP contribution in [0.5, 0.6) is 0 Å². The van der Waals surface area contributed by atoms with Crippen LogP contribution in [0.15, 0.2) is 24.5 Å². The first kappa shape index (κ1) is 21.1. The number of carboxylic acid groups (broad SMARTS) is 1. The lowest BCUT2D eigenvalue weighted by Gasteiger charge is -2.17. The second-order valence-electron chi connectivity index (χ2n) is 6.82. The summed E-state index contributed by atoms with van der Waals surface area (Å²) in [4.78, 5) is 39.2. The van der Waals surface area contributed by atoms with Crippen LogP contribution in [-0.4, -0.2) is 64.1 Å². The van der Waals surface area contributed by atoms with Gasteiger partial charge in [0.2, 0.25) is 0 Å². The summed E-state index contributed by atoms with van der Waals surface area (Å²) < 4.78 is 6.00. The summed E-state index contributed by atoms with van der Waals surface area (Å²) in [6.45, 7) is 1.18. The molecule has 1 unspecified atom stereocenters. The number of carboxylic acids is 1. The van der Waals surface area contributed by atoms with Crippen molar-refractivity contribution in [2.45, 2.75) is 31.8 Å². The van der Waals surface area contributed by atoms with Crippen LogP contribution in [0.2, 0.25) is 0 Å². The summed E-state index contributed by atoms with van der Waals surface area (Å²) >= 11 is 0. The minimum atomic E-state index is -1.31. The molecule has 30 heavy (non-hydrogen) atoms. The van der Waals surface area contributed by atoms with E-state index in [0.717, 1.165) is 38.0 Å². The first-order valence-electron chi connectivity index (χ1n) is 9.57. The number of ether oxygens (including phenoxy) is 1. The molecule has 0 bridgehead atoms. The Balaban J connectivity index is 1.52. The molecule has 2 amide bonds. The zero-order valence-electron chi connectivity index (χ0n) is 16.6. The second kappa shape index (κ2) is 9.72. The minimum absolute atomic E-state index is 0.289. The molecular weight excluding hydrogens is 392 g/mol. The minimum Gasteiger partial charge on any atom is -0.480 e. The number of anilines is 1. The zero-order valence-corrected chi connectivity index (χ0v) is 16.6. The molecule has 0 saturated heterocycles. The van der Waals surface area contributed by atoms with Crippen molar-refractivity contribution in [2.24, 2.45) is 0 Å². The number of hydrogen-bond acceptors (Lipinski definition) is 7. The van der Waals surface area contributed by atoms with Crippen molar-refractivity contribution < 1.29 is 24.2 Å². The van der Waals surface area contributed by atoms with Gasteiger partial charge in [-0.1, -0.05) is 6.07 Å². The molecule has 3 rings (SSSR count). The fourth-order valence-electron chi connectivity index (χ4n) is 3.04. The van der Waals surface area contributed by atoms with Gasteiger partial charge < -0.3 is 25.8 Å². The maximum Gasteiger partial charge on any atom is 0.407 e. The van der Waals surface area contributed by atoms with Gasteiger partial charge in [-0.05, 0) is 24.5 Å². The average Bonchev–Trinajstić information content (AvgIpc) is 3.23. The van der Waals surface area contributed by atoms with E-state index < -0.39 is 24.0 Å². The quantitative estimate of drug-likeness (QED) is 0.484. The highest BCUT2D eigenvalue weighted by molar-refractivity contribution is 5.94. The molecule has 160 valence electrons. The van der Waals surface area contributed by atoms with Crippen LogP contribution < -0.4 is 16.0 Å². The molecule has 1 aliphatic heterocycles. The number of rotatable bonds is 8. The van der Waals surface area contributed by atoms with Crippen LogP contribution in [0, 0.1) is 0 Å². The molecule has 0 saturated carbocycles. The van der Waals surface area contributed by atoms with E-state index in [4.69, 9.17) is 5.11 Å². The molecule has 0 spiro atoms. The fourth-order valence-corrected chi connectivity index (χ4v) is 3.04. The van der Waals surface area contributed by atoms with E-state index in [9.17, 15) is 14.4 Å². The number of aryl methyl sites for hydroxylation is 3. The topological polar surface area (TPSA) is 147 Å². The van der Waals surface area contributed by atoms with Gasteiger partial charge in [-0.25, -0.2) is 14.6 Å². The smallest absolute Gasteiger partial charge is 0.407 e. The molecule has 0 aromatic carbocycles. The molecule has 4 N–H and O–H groups in total. The van der Waals surface area contributed by atoms with Gasteiger partial charge in [0.1, 0.15) is 11.9 Å². The maximum atomic E-state index is 12.3. The molecule has 2 aromatic heterocycles. The van der Waals surface area contributed by atoms with E-state index >= 15 is 0 Å². The van der Waals surface area contributed by atoms with Crippen molar-refractivity contribution in [1.29, 1.82) is 0 Å². The molecule has 1 atom stereocenters. The number of pyridine rings is 1. The largest absolute Gasteiger partial charge is 0.480 e. The third kappa shape index (κ3) is 5.46. The first-order valence-corrected chi connectivity index (χ1v) is 9.57.